The molecule has 80 valence electrons. The van der Waals surface area contributed by atoms with Crippen LogP contribution < -0.4 is 5.73 Å². The van der Waals surface area contributed by atoms with Crippen molar-refractivity contribution in [2.45, 2.75) is 31.7 Å². The van der Waals surface area contributed by atoms with E-state index in [9.17, 15) is 9.59 Å². The van der Waals surface area contributed by atoms with Crippen LogP contribution in [0.15, 0.2) is 0 Å². The van der Waals surface area contributed by atoms with Crippen LogP contribution in [0.25, 0.3) is 0 Å². The van der Waals surface area contributed by atoms with Crippen LogP contribution in [0.5, 0.6) is 0 Å². The molecule has 0 unspecified atom stereocenters. The van der Waals surface area contributed by atoms with E-state index < -0.39 is 5.97 Å². The summed E-state index contributed by atoms with van der Waals surface area (Å²) in [5.74, 6) is -1.12. The minimum absolute atomic E-state index is 0.134. The molecule has 0 aromatic heterocycles. The predicted molar refractivity (Wildman–Crippen MR) is 50.7 cm³/mol. The lowest BCUT2D eigenvalue weighted by molar-refractivity contribution is -0.137. The van der Waals surface area contributed by atoms with Gasteiger partial charge in [-0.1, -0.05) is 0 Å². The summed E-state index contributed by atoms with van der Waals surface area (Å²) in [4.78, 5) is 23.0. The number of carbonyl (C=O) groups excluding carboxylic acids is 1. The molecule has 1 aliphatic carbocycles. The van der Waals surface area contributed by atoms with Gasteiger partial charge in [-0.25, -0.2) is 0 Å². The highest BCUT2D eigenvalue weighted by atomic mass is 16.4. The van der Waals surface area contributed by atoms with E-state index >= 15 is 0 Å². The van der Waals surface area contributed by atoms with E-state index in [0.717, 1.165) is 12.8 Å². The summed E-state index contributed by atoms with van der Waals surface area (Å²) in [6.45, 7) is 1.11. The van der Waals surface area contributed by atoms with Gasteiger partial charge in [0.2, 0.25) is 5.91 Å². The van der Waals surface area contributed by atoms with E-state index in [1.807, 2.05) is 4.90 Å². The van der Waals surface area contributed by atoms with Crippen molar-refractivity contribution in [3.63, 3.8) is 0 Å². The number of carboxylic acid groups (broad SMARTS) is 1. The molecule has 0 radical (unpaired) electrons. The molecular weight excluding hydrogens is 184 g/mol. The largest absolute Gasteiger partial charge is 0.481 e. The van der Waals surface area contributed by atoms with Crippen molar-refractivity contribution in [1.82, 2.24) is 4.90 Å². The van der Waals surface area contributed by atoms with Gasteiger partial charge in [0.1, 0.15) is 0 Å². The molecule has 0 spiro atoms. The fourth-order valence-electron chi connectivity index (χ4n) is 1.41. The van der Waals surface area contributed by atoms with E-state index in [0.29, 0.717) is 25.6 Å². The predicted octanol–water partition coefficient (Wildman–Crippen LogP) is -0.199. The first-order valence-corrected chi connectivity index (χ1v) is 4.83. The number of rotatable bonds is 7. The molecule has 14 heavy (non-hydrogen) atoms. The lowest BCUT2D eigenvalue weighted by Gasteiger charge is -2.19. The van der Waals surface area contributed by atoms with Gasteiger partial charge < -0.3 is 10.8 Å². The minimum Gasteiger partial charge on any atom is -0.481 e. The summed E-state index contributed by atoms with van der Waals surface area (Å²) in [5, 5.41) is 8.52. The number of hydrogen-bond donors (Lipinski definition) is 2. The number of carboxylic acids is 1. The topological polar surface area (TPSA) is 83.6 Å². The van der Waals surface area contributed by atoms with E-state index in [2.05, 4.69) is 0 Å². The van der Waals surface area contributed by atoms with E-state index in [4.69, 9.17) is 10.8 Å². The second kappa shape index (κ2) is 4.95. The summed E-state index contributed by atoms with van der Waals surface area (Å²) in [5.41, 5.74) is 5.04. The van der Waals surface area contributed by atoms with Crippen LogP contribution in [0.3, 0.4) is 0 Å². The molecule has 1 saturated carbocycles. The van der Waals surface area contributed by atoms with Gasteiger partial charge in [-0.15, -0.1) is 0 Å². The fraction of sp³-hybridized carbons (Fsp3) is 0.778. The summed E-state index contributed by atoms with van der Waals surface area (Å²) < 4.78 is 0. The highest BCUT2D eigenvalue weighted by molar-refractivity contribution is 5.73. The molecule has 0 heterocycles. The second-order valence-corrected chi connectivity index (χ2v) is 3.63. The van der Waals surface area contributed by atoms with Gasteiger partial charge in [0.15, 0.2) is 0 Å². The molecule has 0 aromatic carbocycles. The molecule has 1 rings (SSSR count). The molecule has 1 fully saturated rings. The Morgan fingerprint density at radius 2 is 1.86 bits per heavy atom. The molecule has 0 bridgehead atoms. The van der Waals surface area contributed by atoms with E-state index in [1.165, 1.54) is 0 Å². The Balaban J connectivity index is 2.24. The molecule has 1 amide bonds. The maximum Gasteiger partial charge on any atom is 0.304 e. The highest BCUT2D eigenvalue weighted by Gasteiger charge is 2.28. The van der Waals surface area contributed by atoms with E-state index in [1.54, 1.807) is 0 Å². The molecule has 0 atom stereocenters. The first kappa shape index (κ1) is 11.0. The smallest absolute Gasteiger partial charge is 0.304 e. The van der Waals surface area contributed by atoms with Crippen molar-refractivity contribution in [1.29, 1.82) is 0 Å². The van der Waals surface area contributed by atoms with Crippen LogP contribution in [0.1, 0.15) is 25.7 Å². The maximum atomic E-state index is 10.6. The van der Waals surface area contributed by atoms with Gasteiger partial charge in [-0.2, -0.15) is 0 Å². The minimum atomic E-state index is -0.797. The quantitative estimate of drug-likeness (QED) is 0.596. The van der Waals surface area contributed by atoms with Gasteiger partial charge in [0.25, 0.3) is 0 Å². The first-order valence-electron chi connectivity index (χ1n) is 4.83. The standard InChI is InChI=1S/C9H16N2O3/c10-8(12)3-5-11(7-1-2-7)6-4-9(13)14/h7H,1-6H2,(H2,10,12)(H,13,14). The van der Waals surface area contributed by atoms with Gasteiger partial charge in [0.05, 0.1) is 6.42 Å². The lowest BCUT2D eigenvalue weighted by Crippen LogP contribution is -2.32. The van der Waals surface area contributed by atoms with E-state index in [-0.39, 0.29) is 12.3 Å². The molecule has 0 saturated heterocycles. The Hall–Kier alpha value is -1.10. The third-order valence-electron chi connectivity index (χ3n) is 2.32. The number of nitrogens with two attached hydrogens (primary N) is 1. The van der Waals surface area contributed by atoms with Crippen molar-refractivity contribution in [2.24, 2.45) is 5.73 Å². The molecule has 0 aromatic rings. The molecular formula is C9H16N2O3. The van der Waals surface area contributed by atoms with Crippen molar-refractivity contribution < 1.29 is 14.7 Å². The molecule has 5 nitrogen and oxygen atoms in total. The van der Waals surface area contributed by atoms with Crippen LogP contribution in [-0.4, -0.2) is 41.0 Å². The number of primary amides is 1. The Morgan fingerprint density at radius 1 is 1.29 bits per heavy atom. The molecule has 0 aliphatic heterocycles. The Labute approximate surface area is 82.9 Å². The van der Waals surface area contributed by atoms with Crippen LogP contribution in [0.4, 0.5) is 0 Å². The maximum absolute atomic E-state index is 10.6. The molecule has 1 aliphatic rings. The lowest BCUT2D eigenvalue weighted by atomic mass is 10.3. The number of nitrogens with zero attached hydrogens (tertiary/aromatic N) is 1. The normalized spacial score (nSPS) is 15.8. The summed E-state index contributed by atoms with van der Waals surface area (Å²) in [6.07, 6.45) is 2.67. The number of aliphatic carboxylic acids is 1. The summed E-state index contributed by atoms with van der Waals surface area (Å²) in [6, 6.07) is 0.480. The van der Waals surface area contributed by atoms with Gasteiger partial charge >= 0.3 is 5.97 Å². The van der Waals surface area contributed by atoms with Gasteiger partial charge in [-0.3, -0.25) is 14.5 Å². The molecule has 5 heteroatoms. The van der Waals surface area contributed by atoms with Gasteiger partial charge in [0, 0.05) is 25.6 Å². The summed E-state index contributed by atoms with van der Waals surface area (Å²) in [7, 11) is 0. The third-order valence-corrected chi connectivity index (χ3v) is 2.32. The van der Waals surface area contributed by atoms with Crippen molar-refractivity contribution in [3.05, 3.63) is 0 Å². The highest BCUT2D eigenvalue weighted by Crippen LogP contribution is 2.26. The zero-order valence-electron chi connectivity index (χ0n) is 8.11. The fourth-order valence-corrected chi connectivity index (χ4v) is 1.41. The van der Waals surface area contributed by atoms with Crippen LogP contribution >= 0.6 is 0 Å². The Bertz CT molecular complexity index is 208. The average Bonchev–Trinajstić information content (AvgIpc) is 2.86. The third kappa shape index (κ3) is 4.23. The summed E-state index contributed by atoms with van der Waals surface area (Å²) >= 11 is 0. The Kier molecular flexibility index (Phi) is 3.88. The number of carbonyl (C=O) groups is 2. The number of amides is 1. The van der Waals surface area contributed by atoms with Gasteiger partial charge in [-0.05, 0) is 12.8 Å². The van der Waals surface area contributed by atoms with Crippen molar-refractivity contribution >= 4 is 11.9 Å². The van der Waals surface area contributed by atoms with Crippen LogP contribution in [0, 0.1) is 0 Å². The molecule has 3 N–H and O–H groups in total. The zero-order valence-corrected chi connectivity index (χ0v) is 8.11. The Morgan fingerprint density at radius 3 is 2.29 bits per heavy atom. The zero-order chi connectivity index (χ0) is 10.6. The monoisotopic (exact) mass is 200 g/mol. The average molecular weight is 200 g/mol. The number of hydrogen-bond acceptors (Lipinski definition) is 3. The van der Waals surface area contributed by atoms with Crippen molar-refractivity contribution in [2.75, 3.05) is 13.1 Å². The SMILES string of the molecule is NC(=O)CCN(CCC(=O)O)C1CC1. The van der Waals surface area contributed by atoms with Crippen LogP contribution in [0.2, 0.25) is 0 Å². The second-order valence-electron chi connectivity index (χ2n) is 3.63. The first-order chi connectivity index (χ1) is 6.59. The van der Waals surface area contributed by atoms with Crippen molar-refractivity contribution in [3.8, 4) is 0 Å². The van der Waals surface area contributed by atoms with Crippen LogP contribution in [-0.2, 0) is 9.59 Å².